The maximum atomic E-state index is 12.2. The van der Waals surface area contributed by atoms with E-state index in [0.29, 0.717) is 0 Å². The lowest BCUT2D eigenvalue weighted by Gasteiger charge is -2.29. The van der Waals surface area contributed by atoms with E-state index in [2.05, 4.69) is 40.3 Å². The summed E-state index contributed by atoms with van der Waals surface area (Å²) >= 11 is 3.48. The van der Waals surface area contributed by atoms with Crippen molar-refractivity contribution in [1.82, 2.24) is 10.2 Å². The number of aryl methyl sites for hydroxylation is 1. The largest absolute Gasteiger partial charge is 0.344 e. The SMILES string of the molecule is CNC(C)(C)C(=O)N(C)CCc1cc(Br)ccc1C. The molecule has 0 unspecified atom stereocenters. The van der Waals surface area contributed by atoms with E-state index in [0.717, 1.165) is 17.4 Å². The van der Waals surface area contributed by atoms with Gasteiger partial charge in [0.15, 0.2) is 0 Å². The van der Waals surface area contributed by atoms with Crippen LogP contribution in [-0.4, -0.2) is 37.0 Å². The lowest BCUT2D eigenvalue weighted by atomic mass is 10.0. The molecule has 0 aliphatic heterocycles. The minimum atomic E-state index is -0.513. The molecule has 0 aromatic heterocycles. The van der Waals surface area contributed by atoms with Gasteiger partial charge in [0.05, 0.1) is 5.54 Å². The summed E-state index contributed by atoms with van der Waals surface area (Å²) in [4.78, 5) is 14.0. The van der Waals surface area contributed by atoms with Gasteiger partial charge < -0.3 is 10.2 Å². The average Bonchev–Trinajstić information content (AvgIpc) is 2.38. The first-order valence-corrected chi connectivity index (χ1v) is 7.26. The molecule has 1 aromatic rings. The second-order valence-corrected chi connectivity index (χ2v) is 6.34. The van der Waals surface area contributed by atoms with Gasteiger partial charge in [-0.1, -0.05) is 22.0 Å². The summed E-state index contributed by atoms with van der Waals surface area (Å²) in [5.74, 6) is 0.114. The van der Waals surface area contributed by atoms with Crippen molar-refractivity contribution in [3.63, 3.8) is 0 Å². The van der Waals surface area contributed by atoms with Gasteiger partial charge in [-0.15, -0.1) is 0 Å². The monoisotopic (exact) mass is 326 g/mol. The number of likely N-dealkylation sites (N-methyl/N-ethyl adjacent to an activating group) is 2. The molecule has 4 heteroatoms. The zero-order valence-electron chi connectivity index (χ0n) is 12.4. The van der Waals surface area contributed by atoms with Crippen molar-refractivity contribution in [2.75, 3.05) is 20.6 Å². The van der Waals surface area contributed by atoms with Crippen LogP contribution in [0.3, 0.4) is 0 Å². The second kappa shape index (κ2) is 6.53. The number of amides is 1. The van der Waals surface area contributed by atoms with Crippen LogP contribution in [0.25, 0.3) is 0 Å². The molecule has 19 heavy (non-hydrogen) atoms. The molecule has 1 N–H and O–H groups in total. The van der Waals surface area contributed by atoms with Crippen molar-refractivity contribution in [3.05, 3.63) is 33.8 Å². The molecule has 0 spiro atoms. The molecule has 0 heterocycles. The van der Waals surface area contributed by atoms with E-state index >= 15 is 0 Å². The van der Waals surface area contributed by atoms with E-state index in [1.807, 2.05) is 34.0 Å². The summed E-state index contributed by atoms with van der Waals surface area (Å²) in [6.07, 6.45) is 0.868. The summed E-state index contributed by atoms with van der Waals surface area (Å²) < 4.78 is 1.08. The minimum absolute atomic E-state index is 0.114. The number of nitrogens with one attached hydrogen (secondary N) is 1. The van der Waals surface area contributed by atoms with Gasteiger partial charge in [-0.3, -0.25) is 4.79 Å². The van der Waals surface area contributed by atoms with Gasteiger partial charge in [0, 0.05) is 18.1 Å². The molecular weight excluding hydrogens is 304 g/mol. The fourth-order valence-electron chi connectivity index (χ4n) is 1.88. The highest BCUT2D eigenvalue weighted by Gasteiger charge is 2.28. The maximum absolute atomic E-state index is 12.2. The van der Waals surface area contributed by atoms with Gasteiger partial charge in [0.25, 0.3) is 0 Å². The van der Waals surface area contributed by atoms with Crippen LogP contribution in [0.1, 0.15) is 25.0 Å². The van der Waals surface area contributed by atoms with Crippen LogP contribution in [0, 0.1) is 6.92 Å². The summed E-state index contributed by atoms with van der Waals surface area (Å²) in [5.41, 5.74) is 2.02. The standard InChI is InChI=1S/C15H23BrN2O/c1-11-6-7-13(16)10-12(11)8-9-18(5)14(19)15(2,3)17-4/h6-7,10,17H,8-9H2,1-5H3. The Hall–Kier alpha value is -0.870. The van der Waals surface area contributed by atoms with Crippen molar-refractivity contribution in [3.8, 4) is 0 Å². The van der Waals surface area contributed by atoms with Crippen molar-refractivity contribution in [2.24, 2.45) is 0 Å². The van der Waals surface area contributed by atoms with Crippen LogP contribution in [0.15, 0.2) is 22.7 Å². The molecule has 1 aromatic carbocycles. The molecule has 0 bridgehead atoms. The fourth-order valence-corrected chi connectivity index (χ4v) is 2.29. The summed E-state index contributed by atoms with van der Waals surface area (Å²) in [6.45, 7) is 6.62. The molecule has 0 atom stereocenters. The Bertz CT molecular complexity index is 457. The van der Waals surface area contributed by atoms with Gasteiger partial charge in [0.1, 0.15) is 0 Å². The summed E-state index contributed by atoms with van der Waals surface area (Å²) in [6, 6.07) is 6.26. The molecule has 0 aliphatic rings. The van der Waals surface area contributed by atoms with Crippen LogP contribution < -0.4 is 5.32 Å². The smallest absolute Gasteiger partial charge is 0.242 e. The lowest BCUT2D eigenvalue weighted by molar-refractivity contribution is -0.135. The van der Waals surface area contributed by atoms with E-state index in [4.69, 9.17) is 0 Å². The second-order valence-electron chi connectivity index (χ2n) is 5.42. The number of carbonyl (C=O) groups is 1. The number of hydrogen-bond donors (Lipinski definition) is 1. The Balaban J connectivity index is 2.66. The minimum Gasteiger partial charge on any atom is -0.344 e. The lowest BCUT2D eigenvalue weighted by Crippen LogP contribution is -2.52. The van der Waals surface area contributed by atoms with Crippen LogP contribution in [-0.2, 0) is 11.2 Å². The number of rotatable bonds is 5. The molecule has 1 amide bonds. The third-order valence-corrected chi connectivity index (χ3v) is 4.03. The van der Waals surface area contributed by atoms with Gasteiger partial charge in [0.2, 0.25) is 5.91 Å². The summed E-state index contributed by atoms with van der Waals surface area (Å²) in [7, 11) is 3.67. The van der Waals surface area contributed by atoms with Gasteiger partial charge in [-0.2, -0.15) is 0 Å². The number of benzene rings is 1. The fraction of sp³-hybridized carbons (Fsp3) is 0.533. The van der Waals surface area contributed by atoms with E-state index in [1.54, 1.807) is 4.90 Å². The first-order valence-electron chi connectivity index (χ1n) is 6.47. The van der Waals surface area contributed by atoms with E-state index in [9.17, 15) is 4.79 Å². The third kappa shape index (κ3) is 4.32. The zero-order chi connectivity index (χ0) is 14.6. The molecule has 0 fully saturated rings. The van der Waals surface area contributed by atoms with Crippen LogP contribution in [0.2, 0.25) is 0 Å². The third-order valence-electron chi connectivity index (χ3n) is 3.53. The van der Waals surface area contributed by atoms with Crippen LogP contribution in [0.5, 0.6) is 0 Å². The van der Waals surface area contributed by atoms with Gasteiger partial charge in [-0.05, 0) is 57.5 Å². The van der Waals surface area contributed by atoms with Crippen molar-refractivity contribution >= 4 is 21.8 Å². The van der Waals surface area contributed by atoms with Gasteiger partial charge in [-0.25, -0.2) is 0 Å². The van der Waals surface area contributed by atoms with Crippen LogP contribution >= 0.6 is 15.9 Å². The van der Waals surface area contributed by atoms with Gasteiger partial charge >= 0.3 is 0 Å². The molecule has 0 saturated carbocycles. The molecule has 1 rings (SSSR count). The quantitative estimate of drug-likeness (QED) is 0.902. The zero-order valence-corrected chi connectivity index (χ0v) is 14.0. The Morgan fingerprint density at radius 2 is 2.05 bits per heavy atom. The first-order chi connectivity index (χ1) is 8.77. The summed E-state index contributed by atoms with van der Waals surface area (Å²) in [5, 5.41) is 3.04. The van der Waals surface area contributed by atoms with E-state index < -0.39 is 5.54 Å². The van der Waals surface area contributed by atoms with E-state index in [1.165, 1.54) is 11.1 Å². The molecular formula is C15H23BrN2O. The Kier molecular flexibility index (Phi) is 5.56. The number of carbonyl (C=O) groups excluding carboxylic acids is 1. The molecule has 0 radical (unpaired) electrons. The molecule has 106 valence electrons. The predicted octanol–water partition coefficient (Wildman–Crippen LogP) is 2.76. The Morgan fingerprint density at radius 1 is 1.42 bits per heavy atom. The predicted molar refractivity (Wildman–Crippen MR) is 83.4 cm³/mol. The first kappa shape index (κ1) is 16.2. The van der Waals surface area contributed by atoms with Crippen molar-refractivity contribution in [2.45, 2.75) is 32.7 Å². The number of hydrogen-bond acceptors (Lipinski definition) is 2. The number of nitrogens with zero attached hydrogens (tertiary/aromatic N) is 1. The van der Waals surface area contributed by atoms with Crippen molar-refractivity contribution in [1.29, 1.82) is 0 Å². The van der Waals surface area contributed by atoms with E-state index in [-0.39, 0.29) is 5.91 Å². The van der Waals surface area contributed by atoms with Crippen LogP contribution in [0.4, 0.5) is 0 Å². The molecule has 3 nitrogen and oxygen atoms in total. The topological polar surface area (TPSA) is 32.3 Å². The number of halogens is 1. The highest BCUT2D eigenvalue weighted by Crippen LogP contribution is 2.17. The molecule has 0 saturated heterocycles. The normalized spacial score (nSPS) is 11.5. The highest BCUT2D eigenvalue weighted by molar-refractivity contribution is 9.10. The maximum Gasteiger partial charge on any atom is 0.242 e. The molecule has 0 aliphatic carbocycles. The Morgan fingerprint density at radius 3 is 2.63 bits per heavy atom. The highest BCUT2D eigenvalue weighted by atomic mass is 79.9. The Labute approximate surface area is 124 Å². The van der Waals surface area contributed by atoms with Crippen molar-refractivity contribution < 1.29 is 4.79 Å². The average molecular weight is 327 g/mol.